The van der Waals surface area contributed by atoms with Gasteiger partial charge in [0.15, 0.2) is 0 Å². The first-order valence-corrected chi connectivity index (χ1v) is 7.82. The zero-order chi connectivity index (χ0) is 16.1. The molecule has 0 aromatic heterocycles. The number of rotatable bonds is 5. The van der Waals surface area contributed by atoms with Crippen molar-refractivity contribution in [2.24, 2.45) is 0 Å². The van der Waals surface area contributed by atoms with Gasteiger partial charge in [0.2, 0.25) is 0 Å². The van der Waals surface area contributed by atoms with Gasteiger partial charge in [0.1, 0.15) is 6.61 Å². The summed E-state index contributed by atoms with van der Waals surface area (Å²) in [5.41, 5.74) is 2.18. The Hall–Kier alpha value is -2.33. The van der Waals surface area contributed by atoms with Crippen molar-refractivity contribution in [3.8, 4) is 0 Å². The van der Waals surface area contributed by atoms with E-state index in [0.717, 1.165) is 12.0 Å². The van der Waals surface area contributed by atoms with Crippen LogP contribution in [-0.4, -0.2) is 36.8 Å². The number of methoxy groups -OCH3 is 1. The van der Waals surface area contributed by atoms with Gasteiger partial charge in [-0.3, -0.25) is 4.90 Å². The molecule has 1 amide bonds. The van der Waals surface area contributed by atoms with Crippen LogP contribution in [0.4, 0.5) is 4.79 Å². The maximum Gasteiger partial charge on any atom is 0.410 e. The van der Waals surface area contributed by atoms with Crippen LogP contribution in [0, 0.1) is 0 Å². The van der Waals surface area contributed by atoms with E-state index in [2.05, 4.69) is 12.1 Å². The van der Waals surface area contributed by atoms with Gasteiger partial charge in [-0.05, 0) is 17.5 Å². The molecule has 0 aliphatic carbocycles. The van der Waals surface area contributed by atoms with E-state index in [9.17, 15) is 4.79 Å². The smallest absolute Gasteiger partial charge is 0.410 e. The van der Waals surface area contributed by atoms with Gasteiger partial charge >= 0.3 is 6.09 Å². The topological polar surface area (TPSA) is 38.8 Å². The lowest BCUT2D eigenvalue weighted by Gasteiger charge is -2.46. The number of carbonyl (C=O) groups is 1. The first kappa shape index (κ1) is 15.6. The summed E-state index contributed by atoms with van der Waals surface area (Å²) in [4.78, 5) is 14.1. The van der Waals surface area contributed by atoms with Crippen LogP contribution in [0.1, 0.15) is 11.1 Å². The maximum absolute atomic E-state index is 12.3. The van der Waals surface area contributed by atoms with Crippen molar-refractivity contribution < 1.29 is 14.3 Å². The minimum Gasteiger partial charge on any atom is -0.445 e. The summed E-state index contributed by atoms with van der Waals surface area (Å²) in [6.45, 7) is 0.882. The van der Waals surface area contributed by atoms with Crippen LogP contribution in [0.3, 0.4) is 0 Å². The standard InChI is InChI=1S/C19H21NO3/c1-22-18-13-20(17(18)12-15-8-4-2-5-9-15)19(21)23-14-16-10-6-3-7-11-16/h2-11,17-18H,12-14H2,1H3/t17-,18-/m1/s1. The van der Waals surface area contributed by atoms with Crippen molar-refractivity contribution in [2.45, 2.75) is 25.2 Å². The predicted octanol–water partition coefficient (Wildman–Crippen LogP) is 3.27. The summed E-state index contributed by atoms with van der Waals surface area (Å²) in [5, 5.41) is 0. The first-order chi connectivity index (χ1) is 11.3. The minimum absolute atomic E-state index is 0.0330. The normalized spacial score (nSPS) is 20.0. The van der Waals surface area contributed by atoms with E-state index in [1.54, 1.807) is 12.0 Å². The second kappa shape index (κ2) is 7.29. The largest absolute Gasteiger partial charge is 0.445 e. The second-order valence-corrected chi connectivity index (χ2v) is 5.72. The molecule has 0 unspecified atom stereocenters. The Morgan fingerprint density at radius 1 is 1.04 bits per heavy atom. The van der Waals surface area contributed by atoms with Crippen LogP contribution in [0.2, 0.25) is 0 Å². The van der Waals surface area contributed by atoms with Crippen molar-refractivity contribution >= 4 is 6.09 Å². The van der Waals surface area contributed by atoms with Crippen molar-refractivity contribution in [3.05, 3.63) is 71.8 Å². The molecule has 4 heteroatoms. The Bertz CT molecular complexity index is 630. The lowest BCUT2D eigenvalue weighted by molar-refractivity contribution is -0.0760. The second-order valence-electron chi connectivity index (χ2n) is 5.72. The van der Waals surface area contributed by atoms with Gasteiger partial charge in [0.05, 0.1) is 18.7 Å². The SMILES string of the molecule is CO[C@@H]1CN(C(=O)OCc2ccccc2)[C@@H]1Cc1ccccc1. The molecular formula is C19H21NO3. The van der Waals surface area contributed by atoms with Gasteiger partial charge in [-0.1, -0.05) is 60.7 Å². The minimum atomic E-state index is -0.275. The summed E-state index contributed by atoms with van der Waals surface area (Å²) in [7, 11) is 1.69. The van der Waals surface area contributed by atoms with Gasteiger partial charge < -0.3 is 9.47 Å². The fraction of sp³-hybridized carbons (Fsp3) is 0.316. The Morgan fingerprint density at radius 2 is 1.65 bits per heavy atom. The molecule has 120 valence electrons. The highest BCUT2D eigenvalue weighted by Gasteiger charge is 2.42. The summed E-state index contributed by atoms with van der Waals surface area (Å²) in [6.07, 6.45) is 0.572. The molecule has 2 aromatic rings. The van der Waals surface area contributed by atoms with Gasteiger partial charge in [-0.2, -0.15) is 0 Å². The molecule has 1 aliphatic heterocycles. The number of likely N-dealkylation sites (tertiary alicyclic amines) is 1. The molecule has 1 heterocycles. The molecule has 4 nitrogen and oxygen atoms in total. The van der Waals surface area contributed by atoms with Crippen LogP contribution >= 0.6 is 0 Å². The summed E-state index contributed by atoms with van der Waals surface area (Å²) in [6, 6.07) is 19.9. The first-order valence-electron chi connectivity index (χ1n) is 7.82. The zero-order valence-electron chi connectivity index (χ0n) is 13.2. The van der Waals surface area contributed by atoms with Gasteiger partial charge in [-0.25, -0.2) is 4.79 Å². The number of nitrogens with zero attached hydrogens (tertiary/aromatic N) is 1. The van der Waals surface area contributed by atoms with Gasteiger partial charge in [0.25, 0.3) is 0 Å². The molecule has 3 rings (SSSR count). The molecule has 2 atom stereocenters. The van der Waals surface area contributed by atoms with Crippen molar-refractivity contribution in [3.63, 3.8) is 0 Å². The quantitative estimate of drug-likeness (QED) is 0.851. The Balaban J connectivity index is 1.58. The highest BCUT2D eigenvalue weighted by Crippen LogP contribution is 2.25. The van der Waals surface area contributed by atoms with Crippen molar-refractivity contribution in [2.75, 3.05) is 13.7 Å². The van der Waals surface area contributed by atoms with E-state index in [1.165, 1.54) is 5.56 Å². The highest BCUT2D eigenvalue weighted by molar-refractivity contribution is 5.69. The number of benzene rings is 2. The molecule has 0 N–H and O–H groups in total. The van der Waals surface area contributed by atoms with Crippen LogP contribution in [0.15, 0.2) is 60.7 Å². The number of ether oxygens (including phenoxy) is 2. The molecule has 23 heavy (non-hydrogen) atoms. The van der Waals surface area contributed by atoms with Gasteiger partial charge in [0, 0.05) is 7.11 Å². The van der Waals surface area contributed by atoms with E-state index >= 15 is 0 Å². The Kier molecular flexibility index (Phi) is 4.93. The maximum atomic E-state index is 12.3. The van der Waals surface area contributed by atoms with E-state index < -0.39 is 0 Å². The molecule has 0 radical (unpaired) electrons. The third-order valence-corrected chi connectivity index (χ3v) is 4.24. The number of hydrogen-bond donors (Lipinski definition) is 0. The molecule has 0 spiro atoms. The van der Waals surface area contributed by atoms with E-state index in [4.69, 9.17) is 9.47 Å². The Labute approximate surface area is 136 Å². The number of amides is 1. The van der Waals surface area contributed by atoms with E-state index in [1.807, 2.05) is 48.5 Å². The van der Waals surface area contributed by atoms with Crippen molar-refractivity contribution in [1.82, 2.24) is 4.90 Å². The lowest BCUT2D eigenvalue weighted by Crippen LogP contribution is -2.63. The fourth-order valence-electron chi connectivity index (χ4n) is 2.85. The monoisotopic (exact) mass is 311 g/mol. The molecule has 1 aliphatic rings. The number of hydrogen-bond acceptors (Lipinski definition) is 3. The average Bonchev–Trinajstić information content (AvgIpc) is 2.59. The third kappa shape index (κ3) is 3.71. The molecule has 0 bridgehead atoms. The molecule has 0 saturated carbocycles. The molecule has 1 saturated heterocycles. The highest BCUT2D eigenvalue weighted by atomic mass is 16.6. The molecule has 2 aromatic carbocycles. The molecule has 1 fully saturated rings. The predicted molar refractivity (Wildman–Crippen MR) is 88.1 cm³/mol. The lowest BCUT2D eigenvalue weighted by atomic mass is 9.93. The van der Waals surface area contributed by atoms with Crippen LogP contribution in [-0.2, 0) is 22.5 Å². The van der Waals surface area contributed by atoms with Crippen LogP contribution in [0.25, 0.3) is 0 Å². The van der Waals surface area contributed by atoms with Crippen molar-refractivity contribution in [1.29, 1.82) is 0 Å². The molecular weight excluding hydrogens is 290 g/mol. The summed E-state index contributed by atoms with van der Waals surface area (Å²) < 4.78 is 10.9. The van der Waals surface area contributed by atoms with Crippen LogP contribution < -0.4 is 0 Å². The van der Waals surface area contributed by atoms with Crippen LogP contribution in [0.5, 0.6) is 0 Å². The number of carbonyl (C=O) groups excluding carboxylic acids is 1. The van der Waals surface area contributed by atoms with E-state index in [-0.39, 0.29) is 18.2 Å². The zero-order valence-corrected chi connectivity index (χ0v) is 13.2. The Morgan fingerprint density at radius 3 is 2.26 bits per heavy atom. The summed E-state index contributed by atoms with van der Waals surface area (Å²) >= 11 is 0. The average molecular weight is 311 g/mol. The third-order valence-electron chi connectivity index (χ3n) is 4.24. The van der Waals surface area contributed by atoms with E-state index in [0.29, 0.717) is 13.2 Å². The van der Waals surface area contributed by atoms with Gasteiger partial charge in [-0.15, -0.1) is 0 Å². The fourth-order valence-corrected chi connectivity index (χ4v) is 2.85. The summed E-state index contributed by atoms with van der Waals surface area (Å²) in [5.74, 6) is 0.